The Bertz CT molecular complexity index is 822. The van der Waals surface area contributed by atoms with Crippen molar-refractivity contribution in [3.63, 3.8) is 0 Å². The van der Waals surface area contributed by atoms with Crippen LogP contribution in [0.25, 0.3) is 0 Å². The van der Waals surface area contributed by atoms with E-state index < -0.39 is 11.6 Å². The lowest BCUT2D eigenvalue weighted by atomic mass is 9.96. The molecule has 0 aromatic heterocycles. The van der Waals surface area contributed by atoms with Gasteiger partial charge >= 0.3 is 0 Å². The number of carbonyl (C=O) groups is 2. The van der Waals surface area contributed by atoms with E-state index in [1.807, 2.05) is 35.2 Å². The molecule has 0 atom stereocenters. The van der Waals surface area contributed by atoms with E-state index in [0.29, 0.717) is 32.5 Å². The van der Waals surface area contributed by atoms with E-state index in [9.17, 15) is 18.4 Å². The summed E-state index contributed by atoms with van der Waals surface area (Å²) in [5.74, 6) is -1.90. The Labute approximate surface area is 162 Å². The SMILES string of the molecule is O=C(CN1CCC(C(=O)NCc2ccccc2)CC1)Nc1ccc(F)cc1F. The number of nitrogens with zero attached hydrogens (tertiary/aromatic N) is 1. The molecule has 2 amide bonds. The first-order chi connectivity index (χ1) is 13.5. The molecule has 1 saturated heterocycles. The Kier molecular flexibility index (Phi) is 6.71. The third-order valence-electron chi connectivity index (χ3n) is 4.84. The topological polar surface area (TPSA) is 61.4 Å². The van der Waals surface area contributed by atoms with Crippen LogP contribution in [0.1, 0.15) is 18.4 Å². The molecular weight excluding hydrogens is 364 g/mol. The number of anilines is 1. The molecule has 3 rings (SSSR count). The van der Waals surface area contributed by atoms with Crippen molar-refractivity contribution in [3.05, 3.63) is 65.7 Å². The summed E-state index contributed by atoms with van der Waals surface area (Å²) in [5, 5.41) is 5.41. The molecule has 2 N–H and O–H groups in total. The fraction of sp³-hybridized carbons (Fsp3) is 0.333. The Morgan fingerprint density at radius 1 is 1.04 bits per heavy atom. The highest BCUT2D eigenvalue weighted by atomic mass is 19.1. The summed E-state index contributed by atoms with van der Waals surface area (Å²) in [5.41, 5.74) is 1.01. The van der Waals surface area contributed by atoms with Crippen LogP contribution in [0, 0.1) is 17.6 Å². The number of piperidine rings is 1. The van der Waals surface area contributed by atoms with Gasteiger partial charge in [-0.1, -0.05) is 30.3 Å². The number of hydrogen-bond donors (Lipinski definition) is 2. The Hall–Kier alpha value is -2.80. The summed E-state index contributed by atoms with van der Waals surface area (Å²) in [7, 11) is 0. The Balaban J connectivity index is 1.41. The highest BCUT2D eigenvalue weighted by Gasteiger charge is 2.25. The van der Waals surface area contributed by atoms with Crippen molar-refractivity contribution in [2.45, 2.75) is 19.4 Å². The molecule has 1 aliphatic rings. The molecule has 7 heteroatoms. The van der Waals surface area contributed by atoms with Crippen LogP contribution in [0.3, 0.4) is 0 Å². The summed E-state index contributed by atoms with van der Waals surface area (Å²) in [4.78, 5) is 26.4. The molecule has 1 fully saturated rings. The van der Waals surface area contributed by atoms with Crippen LogP contribution in [0.15, 0.2) is 48.5 Å². The van der Waals surface area contributed by atoms with Gasteiger partial charge in [0.15, 0.2) is 0 Å². The van der Waals surface area contributed by atoms with E-state index in [2.05, 4.69) is 10.6 Å². The van der Waals surface area contributed by atoms with Gasteiger partial charge in [-0.2, -0.15) is 0 Å². The standard InChI is InChI=1S/C21H23F2N3O2/c22-17-6-7-19(18(23)12-17)25-20(27)14-26-10-8-16(9-11-26)21(28)24-13-15-4-2-1-3-5-15/h1-7,12,16H,8-11,13-14H2,(H,24,28)(H,25,27). The molecule has 0 saturated carbocycles. The van der Waals surface area contributed by atoms with E-state index in [1.54, 1.807) is 0 Å². The van der Waals surface area contributed by atoms with Crippen LogP contribution >= 0.6 is 0 Å². The maximum Gasteiger partial charge on any atom is 0.238 e. The zero-order chi connectivity index (χ0) is 19.9. The number of amides is 2. The molecular formula is C21H23F2N3O2. The predicted octanol–water partition coefficient (Wildman–Crippen LogP) is 2.93. The maximum atomic E-state index is 13.6. The molecule has 0 bridgehead atoms. The van der Waals surface area contributed by atoms with Gasteiger partial charge in [-0.25, -0.2) is 8.78 Å². The molecule has 2 aromatic carbocycles. The monoisotopic (exact) mass is 387 g/mol. The predicted molar refractivity (Wildman–Crippen MR) is 102 cm³/mol. The molecule has 0 unspecified atom stereocenters. The lowest BCUT2D eigenvalue weighted by Gasteiger charge is -2.30. The van der Waals surface area contributed by atoms with Crippen molar-refractivity contribution in [2.24, 2.45) is 5.92 Å². The molecule has 2 aromatic rings. The van der Waals surface area contributed by atoms with Gasteiger partial charge in [-0.15, -0.1) is 0 Å². The molecule has 148 valence electrons. The third kappa shape index (κ3) is 5.60. The number of likely N-dealkylation sites (tertiary alicyclic amines) is 1. The third-order valence-corrected chi connectivity index (χ3v) is 4.84. The molecule has 0 aliphatic carbocycles. The van der Waals surface area contributed by atoms with Crippen molar-refractivity contribution >= 4 is 17.5 Å². The Morgan fingerprint density at radius 2 is 1.75 bits per heavy atom. The van der Waals surface area contributed by atoms with E-state index in [-0.39, 0.29) is 30.0 Å². The first-order valence-corrected chi connectivity index (χ1v) is 9.30. The van der Waals surface area contributed by atoms with E-state index in [0.717, 1.165) is 17.7 Å². The van der Waals surface area contributed by atoms with Gasteiger partial charge in [-0.05, 0) is 43.6 Å². The summed E-state index contributed by atoms with van der Waals surface area (Å²) in [6, 6.07) is 12.8. The molecule has 0 radical (unpaired) electrons. The van der Waals surface area contributed by atoms with E-state index >= 15 is 0 Å². The molecule has 1 aliphatic heterocycles. The van der Waals surface area contributed by atoms with Gasteiger partial charge in [-0.3, -0.25) is 14.5 Å². The van der Waals surface area contributed by atoms with Crippen LogP contribution in [0.4, 0.5) is 14.5 Å². The highest BCUT2D eigenvalue weighted by molar-refractivity contribution is 5.92. The second-order valence-corrected chi connectivity index (χ2v) is 6.93. The second kappa shape index (κ2) is 9.41. The van der Waals surface area contributed by atoms with Crippen LogP contribution < -0.4 is 10.6 Å². The number of carbonyl (C=O) groups excluding carboxylic acids is 2. The highest BCUT2D eigenvalue weighted by Crippen LogP contribution is 2.18. The zero-order valence-electron chi connectivity index (χ0n) is 15.5. The van der Waals surface area contributed by atoms with Gasteiger partial charge < -0.3 is 10.6 Å². The van der Waals surface area contributed by atoms with Gasteiger partial charge in [0.05, 0.1) is 12.2 Å². The van der Waals surface area contributed by atoms with Gasteiger partial charge in [0, 0.05) is 18.5 Å². The summed E-state index contributed by atoms with van der Waals surface area (Å²) in [6.45, 7) is 1.84. The summed E-state index contributed by atoms with van der Waals surface area (Å²) < 4.78 is 26.5. The molecule has 0 spiro atoms. The summed E-state index contributed by atoms with van der Waals surface area (Å²) >= 11 is 0. The van der Waals surface area contributed by atoms with Crippen molar-refractivity contribution in [1.82, 2.24) is 10.2 Å². The van der Waals surface area contributed by atoms with Crippen LogP contribution in [0.2, 0.25) is 0 Å². The molecule has 1 heterocycles. The number of halogens is 2. The average molecular weight is 387 g/mol. The summed E-state index contributed by atoms with van der Waals surface area (Å²) in [6.07, 6.45) is 1.33. The minimum Gasteiger partial charge on any atom is -0.352 e. The second-order valence-electron chi connectivity index (χ2n) is 6.93. The van der Waals surface area contributed by atoms with Crippen molar-refractivity contribution in [3.8, 4) is 0 Å². The maximum absolute atomic E-state index is 13.6. The number of rotatable bonds is 6. The quantitative estimate of drug-likeness (QED) is 0.801. The fourth-order valence-electron chi connectivity index (χ4n) is 3.27. The van der Waals surface area contributed by atoms with Crippen molar-refractivity contribution < 1.29 is 18.4 Å². The van der Waals surface area contributed by atoms with Crippen molar-refractivity contribution in [1.29, 1.82) is 0 Å². The number of hydrogen-bond acceptors (Lipinski definition) is 3. The van der Waals surface area contributed by atoms with Gasteiger partial charge in [0.1, 0.15) is 11.6 Å². The fourth-order valence-corrected chi connectivity index (χ4v) is 3.27. The minimum absolute atomic E-state index is 0.0290. The first kappa shape index (κ1) is 19.9. The number of benzene rings is 2. The van der Waals surface area contributed by atoms with Crippen LogP contribution in [-0.4, -0.2) is 36.3 Å². The smallest absolute Gasteiger partial charge is 0.238 e. The molecule has 5 nitrogen and oxygen atoms in total. The van der Waals surface area contributed by atoms with Crippen LogP contribution in [-0.2, 0) is 16.1 Å². The first-order valence-electron chi connectivity index (χ1n) is 9.30. The normalized spacial score (nSPS) is 15.2. The minimum atomic E-state index is -0.804. The number of nitrogens with one attached hydrogen (secondary N) is 2. The Morgan fingerprint density at radius 3 is 2.43 bits per heavy atom. The van der Waals surface area contributed by atoms with Crippen molar-refractivity contribution in [2.75, 3.05) is 25.0 Å². The van der Waals surface area contributed by atoms with Gasteiger partial charge in [0.25, 0.3) is 0 Å². The van der Waals surface area contributed by atoms with Gasteiger partial charge in [0.2, 0.25) is 11.8 Å². The average Bonchev–Trinajstić information content (AvgIpc) is 2.69. The molecule has 28 heavy (non-hydrogen) atoms. The largest absolute Gasteiger partial charge is 0.352 e. The zero-order valence-corrected chi connectivity index (χ0v) is 15.5. The van der Waals surface area contributed by atoms with E-state index in [1.165, 1.54) is 6.07 Å². The lowest BCUT2D eigenvalue weighted by molar-refractivity contribution is -0.126. The lowest BCUT2D eigenvalue weighted by Crippen LogP contribution is -2.43. The van der Waals surface area contributed by atoms with E-state index in [4.69, 9.17) is 0 Å². The van der Waals surface area contributed by atoms with Crippen LogP contribution in [0.5, 0.6) is 0 Å².